The molecule has 0 aliphatic carbocycles. The Morgan fingerprint density at radius 1 is 1.05 bits per heavy atom. The highest BCUT2D eigenvalue weighted by Crippen LogP contribution is 2.27. The molecule has 0 unspecified atom stereocenters. The molecule has 0 heterocycles. The zero-order valence-corrected chi connectivity index (χ0v) is 11.4. The molecule has 0 aliphatic heterocycles. The molecule has 2 rings (SSSR count). The second-order valence-corrected chi connectivity index (χ2v) is 4.37. The summed E-state index contributed by atoms with van der Waals surface area (Å²) in [6.45, 7) is 4.64. The Bertz CT molecular complexity index is 525. The van der Waals surface area contributed by atoms with E-state index >= 15 is 0 Å². The second kappa shape index (κ2) is 7.12. The molecule has 102 valence electrons. The van der Waals surface area contributed by atoms with E-state index in [1.54, 1.807) is 0 Å². The van der Waals surface area contributed by atoms with Crippen molar-refractivity contribution in [3.63, 3.8) is 0 Å². The SMILES string of the molecule is CCOCCCOc1ccc2ccccc2c1CN. The molecular formula is C16H21NO2. The summed E-state index contributed by atoms with van der Waals surface area (Å²) in [5.41, 5.74) is 6.94. The third-order valence-corrected chi connectivity index (χ3v) is 3.10. The predicted molar refractivity (Wildman–Crippen MR) is 78.4 cm³/mol. The molecule has 0 saturated heterocycles. The van der Waals surface area contributed by atoms with Gasteiger partial charge in [-0.25, -0.2) is 0 Å². The lowest BCUT2D eigenvalue weighted by Gasteiger charge is -2.13. The van der Waals surface area contributed by atoms with Gasteiger partial charge in [-0.1, -0.05) is 30.3 Å². The van der Waals surface area contributed by atoms with Crippen molar-refractivity contribution in [1.29, 1.82) is 0 Å². The number of fused-ring (bicyclic) bond motifs is 1. The van der Waals surface area contributed by atoms with Crippen LogP contribution in [0.4, 0.5) is 0 Å². The summed E-state index contributed by atoms with van der Waals surface area (Å²) < 4.78 is 11.1. The van der Waals surface area contributed by atoms with Gasteiger partial charge < -0.3 is 15.2 Å². The van der Waals surface area contributed by atoms with E-state index in [9.17, 15) is 0 Å². The van der Waals surface area contributed by atoms with Crippen LogP contribution in [0.2, 0.25) is 0 Å². The average Bonchev–Trinajstić information content (AvgIpc) is 2.46. The topological polar surface area (TPSA) is 44.5 Å². The summed E-state index contributed by atoms with van der Waals surface area (Å²) in [6, 6.07) is 12.3. The van der Waals surface area contributed by atoms with Crippen LogP contribution in [-0.2, 0) is 11.3 Å². The van der Waals surface area contributed by atoms with Crippen LogP contribution in [-0.4, -0.2) is 19.8 Å². The zero-order valence-electron chi connectivity index (χ0n) is 11.4. The summed E-state index contributed by atoms with van der Waals surface area (Å²) in [5, 5.41) is 2.37. The van der Waals surface area contributed by atoms with E-state index in [-0.39, 0.29) is 0 Å². The van der Waals surface area contributed by atoms with Gasteiger partial charge in [-0.05, 0) is 23.8 Å². The zero-order chi connectivity index (χ0) is 13.5. The normalized spacial score (nSPS) is 10.8. The van der Waals surface area contributed by atoms with E-state index in [0.29, 0.717) is 13.2 Å². The maximum Gasteiger partial charge on any atom is 0.124 e. The summed E-state index contributed by atoms with van der Waals surface area (Å²) in [4.78, 5) is 0. The Morgan fingerprint density at radius 3 is 2.68 bits per heavy atom. The van der Waals surface area contributed by atoms with Crippen molar-refractivity contribution in [2.45, 2.75) is 19.9 Å². The summed E-state index contributed by atoms with van der Waals surface area (Å²) >= 11 is 0. The molecule has 3 heteroatoms. The number of nitrogens with two attached hydrogens (primary N) is 1. The number of hydrogen-bond acceptors (Lipinski definition) is 3. The lowest BCUT2D eigenvalue weighted by atomic mass is 10.0. The fourth-order valence-electron chi connectivity index (χ4n) is 2.15. The van der Waals surface area contributed by atoms with Crippen LogP contribution in [0.15, 0.2) is 36.4 Å². The molecule has 2 aromatic rings. The smallest absolute Gasteiger partial charge is 0.124 e. The van der Waals surface area contributed by atoms with E-state index in [0.717, 1.165) is 30.9 Å². The van der Waals surface area contributed by atoms with Gasteiger partial charge in [-0.2, -0.15) is 0 Å². The predicted octanol–water partition coefficient (Wildman–Crippen LogP) is 3.10. The highest BCUT2D eigenvalue weighted by atomic mass is 16.5. The largest absolute Gasteiger partial charge is 0.493 e. The molecule has 19 heavy (non-hydrogen) atoms. The molecule has 0 bridgehead atoms. The van der Waals surface area contributed by atoms with E-state index in [2.05, 4.69) is 18.2 Å². The molecule has 3 nitrogen and oxygen atoms in total. The van der Waals surface area contributed by atoms with Gasteiger partial charge in [0.1, 0.15) is 5.75 Å². The van der Waals surface area contributed by atoms with Gasteiger partial charge in [0, 0.05) is 31.7 Å². The molecular weight excluding hydrogens is 238 g/mol. The molecule has 0 spiro atoms. The van der Waals surface area contributed by atoms with Crippen LogP contribution in [0.1, 0.15) is 18.9 Å². The van der Waals surface area contributed by atoms with Crippen LogP contribution in [0, 0.1) is 0 Å². The lowest BCUT2D eigenvalue weighted by Crippen LogP contribution is -2.06. The van der Waals surface area contributed by atoms with Gasteiger partial charge in [0.15, 0.2) is 0 Å². The van der Waals surface area contributed by atoms with Gasteiger partial charge in [0.05, 0.1) is 6.61 Å². The molecule has 2 N–H and O–H groups in total. The standard InChI is InChI=1S/C16H21NO2/c1-2-18-10-5-11-19-16-9-8-13-6-3-4-7-14(13)15(16)12-17/h3-4,6-9H,2,5,10-12,17H2,1H3. The van der Waals surface area contributed by atoms with Crippen molar-refractivity contribution in [2.75, 3.05) is 19.8 Å². The van der Waals surface area contributed by atoms with E-state index in [1.165, 1.54) is 10.8 Å². The molecule has 0 saturated carbocycles. The molecule has 0 fully saturated rings. The Hall–Kier alpha value is -1.58. The molecule has 2 aromatic carbocycles. The van der Waals surface area contributed by atoms with Crippen LogP contribution in [0.25, 0.3) is 10.8 Å². The fourth-order valence-corrected chi connectivity index (χ4v) is 2.15. The molecule has 0 radical (unpaired) electrons. The quantitative estimate of drug-likeness (QED) is 0.777. The van der Waals surface area contributed by atoms with Gasteiger partial charge in [-0.3, -0.25) is 0 Å². The van der Waals surface area contributed by atoms with Crippen molar-refractivity contribution in [3.8, 4) is 5.75 Å². The molecule has 0 amide bonds. The van der Waals surface area contributed by atoms with Gasteiger partial charge >= 0.3 is 0 Å². The number of benzene rings is 2. The van der Waals surface area contributed by atoms with Crippen LogP contribution in [0.5, 0.6) is 5.75 Å². The van der Waals surface area contributed by atoms with E-state index in [4.69, 9.17) is 15.2 Å². The summed E-state index contributed by atoms with van der Waals surface area (Å²) in [5.74, 6) is 0.887. The minimum absolute atomic E-state index is 0.488. The Kier molecular flexibility index (Phi) is 5.19. The van der Waals surface area contributed by atoms with Crippen molar-refractivity contribution < 1.29 is 9.47 Å². The first kappa shape index (κ1) is 13.8. The number of ether oxygens (including phenoxy) is 2. The number of hydrogen-bond donors (Lipinski definition) is 1. The third kappa shape index (κ3) is 3.46. The van der Waals surface area contributed by atoms with E-state index in [1.807, 2.05) is 25.1 Å². The Balaban J connectivity index is 2.10. The van der Waals surface area contributed by atoms with Crippen LogP contribution in [0.3, 0.4) is 0 Å². The monoisotopic (exact) mass is 259 g/mol. The maximum atomic E-state index is 5.86. The first-order valence-corrected chi connectivity index (χ1v) is 6.78. The second-order valence-electron chi connectivity index (χ2n) is 4.37. The molecule has 0 atom stereocenters. The maximum absolute atomic E-state index is 5.86. The van der Waals surface area contributed by atoms with Crippen LogP contribution >= 0.6 is 0 Å². The lowest BCUT2D eigenvalue weighted by molar-refractivity contribution is 0.130. The highest BCUT2D eigenvalue weighted by molar-refractivity contribution is 5.87. The summed E-state index contributed by atoms with van der Waals surface area (Å²) in [6.07, 6.45) is 0.894. The Labute approximate surface area is 114 Å². The average molecular weight is 259 g/mol. The van der Waals surface area contributed by atoms with Crippen LogP contribution < -0.4 is 10.5 Å². The van der Waals surface area contributed by atoms with Crippen molar-refractivity contribution in [1.82, 2.24) is 0 Å². The van der Waals surface area contributed by atoms with Gasteiger partial charge in [0.25, 0.3) is 0 Å². The first-order valence-electron chi connectivity index (χ1n) is 6.78. The third-order valence-electron chi connectivity index (χ3n) is 3.10. The Morgan fingerprint density at radius 2 is 1.89 bits per heavy atom. The highest BCUT2D eigenvalue weighted by Gasteiger charge is 2.06. The van der Waals surface area contributed by atoms with E-state index < -0.39 is 0 Å². The summed E-state index contributed by atoms with van der Waals surface area (Å²) in [7, 11) is 0. The van der Waals surface area contributed by atoms with Crippen molar-refractivity contribution in [2.24, 2.45) is 5.73 Å². The minimum atomic E-state index is 0.488. The van der Waals surface area contributed by atoms with Crippen molar-refractivity contribution >= 4 is 10.8 Å². The number of rotatable bonds is 7. The minimum Gasteiger partial charge on any atom is -0.493 e. The molecule has 0 aromatic heterocycles. The van der Waals surface area contributed by atoms with Crippen molar-refractivity contribution in [3.05, 3.63) is 42.0 Å². The first-order chi connectivity index (χ1) is 9.36. The molecule has 0 aliphatic rings. The van der Waals surface area contributed by atoms with Gasteiger partial charge in [-0.15, -0.1) is 0 Å². The fraction of sp³-hybridized carbons (Fsp3) is 0.375. The van der Waals surface area contributed by atoms with Gasteiger partial charge in [0.2, 0.25) is 0 Å².